The molecule has 2 aliphatic rings. The second-order valence-corrected chi connectivity index (χ2v) is 8.92. The SMILES string of the molecule is CN(C)C(=O)CN1Cc2ccccc2CC2(CCN(c3cc(C(F)(F)F)ncn3)CC2)C1=O. The number of rotatable bonds is 3. The highest BCUT2D eigenvalue weighted by Crippen LogP contribution is 2.41. The molecule has 1 fully saturated rings. The van der Waals surface area contributed by atoms with Gasteiger partial charge in [-0.1, -0.05) is 24.3 Å². The molecule has 3 heterocycles. The molecule has 1 aromatic carbocycles. The van der Waals surface area contributed by atoms with E-state index in [0.29, 0.717) is 38.9 Å². The maximum Gasteiger partial charge on any atom is 0.433 e. The molecule has 0 bridgehead atoms. The normalized spacial score (nSPS) is 18.2. The van der Waals surface area contributed by atoms with Crippen LogP contribution in [0.5, 0.6) is 0 Å². The summed E-state index contributed by atoms with van der Waals surface area (Å²) in [5.74, 6) is -0.0310. The van der Waals surface area contributed by atoms with Gasteiger partial charge in [-0.25, -0.2) is 9.97 Å². The highest BCUT2D eigenvalue weighted by atomic mass is 19.4. The Morgan fingerprint density at radius 1 is 1.12 bits per heavy atom. The molecule has 0 saturated carbocycles. The summed E-state index contributed by atoms with van der Waals surface area (Å²) >= 11 is 0. The number of fused-ring (bicyclic) bond motifs is 1. The van der Waals surface area contributed by atoms with Crippen molar-refractivity contribution in [3.63, 3.8) is 0 Å². The summed E-state index contributed by atoms with van der Waals surface area (Å²) < 4.78 is 39.2. The first-order valence-electron chi connectivity index (χ1n) is 10.8. The number of carbonyl (C=O) groups is 2. The molecule has 0 unspecified atom stereocenters. The van der Waals surface area contributed by atoms with Gasteiger partial charge in [0.05, 0.1) is 5.41 Å². The van der Waals surface area contributed by atoms with Crippen molar-refractivity contribution in [2.45, 2.75) is 32.0 Å². The van der Waals surface area contributed by atoms with Crippen molar-refractivity contribution < 1.29 is 22.8 Å². The van der Waals surface area contributed by atoms with E-state index in [2.05, 4.69) is 9.97 Å². The number of anilines is 1. The molecule has 10 heteroatoms. The first-order chi connectivity index (χ1) is 15.6. The van der Waals surface area contributed by atoms with Gasteiger partial charge in [0, 0.05) is 39.8 Å². The Hall–Kier alpha value is -3.17. The van der Waals surface area contributed by atoms with Crippen LogP contribution in [0.1, 0.15) is 29.7 Å². The predicted molar refractivity (Wildman–Crippen MR) is 115 cm³/mol. The minimum Gasteiger partial charge on any atom is -0.356 e. The number of hydrogen-bond acceptors (Lipinski definition) is 5. The maximum atomic E-state index is 13.7. The summed E-state index contributed by atoms with van der Waals surface area (Å²) in [4.78, 5) is 38.4. The number of benzene rings is 1. The third kappa shape index (κ3) is 4.65. The molecule has 1 spiro atoms. The van der Waals surface area contributed by atoms with E-state index >= 15 is 0 Å². The summed E-state index contributed by atoms with van der Waals surface area (Å²) in [6.07, 6.45) is -2.17. The zero-order chi connectivity index (χ0) is 23.8. The minimum absolute atomic E-state index is 0.00746. The lowest BCUT2D eigenvalue weighted by Gasteiger charge is -2.42. The van der Waals surface area contributed by atoms with Gasteiger partial charge in [0.1, 0.15) is 24.4 Å². The van der Waals surface area contributed by atoms with Gasteiger partial charge in [0.25, 0.3) is 0 Å². The number of halogens is 3. The summed E-state index contributed by atoms with van der Waals surface area (Å²) in [5, 5.41) is 0. The predicted octanol–water partition coefficient (Wildman–Crippen LogP) is 2.76. The molecule has 0 radical (unpaired) electrons. The van der Waals surface area contributed by atoms with E-state index < -0.39 is 17.3 Å². The average Bonchev–Trinajstić information content (AvgIpc) is 2.89. The molecule has 1 saturated heterocycles. The summed E-state index contributed by atoms with van der Waals surface area (Å²) in [5.41, 5.74) is 0.388. The summed E-state index contributed by atoms with van der Waals surface area (Å²) in [7, 11) is 3.31. The molecule has 2 aromatic rings. The van der Waals surface area contributed by atoms with Crippen LogP contribution in [-0.2, 0) is 28.7 Å². The Morgan fingerprint density at radius 3 is 2.42 bits per heavy atom. The second-order valence-electron chi connectivity index (χ2n) is 8.92. The average molecular weight is 461 g/mol. The Bertz CT molecular complexity index is 1050. The number of hydrogen-bond donors (Lipinski definition) is 0. The highest BCUT2D eigenvalue weighted by molar-refractivity contribution is 5.89. The van der Waals surface area contributed by atoms with Crippen molar-refractivity contribution >= 4 is 17.6 Å². The molecule has 176 valence electrons. The number of alkyl halides is 3. The quantitative estimate of drug-likeness (QED) is 0.703. The van der Waals surface area contributed by atoms with E-state index in [1.165, 1.54) is 4.90 Å². The van der Waals surface area contributed by atoms with Crippen molar-refractivity contribution in [3.8, 4) is 0 Å². The lowest BCUT2D eigenvalue weighted by molar-refractivity contribution is -0.148. The molecule has 0 N–H and O–H groups in total. The first-order valence-corrected chi connectivity index (χ1v) is 10.8. The van der Waals surface area contributed by atoms with Crippen LogP contribution in [0, 0.1) is 5.41 Å². The molecular formula is C23H26F3N5O2. The second kappa shape index (κ2) is 8.64. The van der Waals surface area contributed by atoms with Gasteiger partial charge >= 0.3 is 6.18 Å². The maximum absolute atomic E-state index is 13.7. The Labute approximate surface area is 190 Å². The zero-order valence-electron chi connectivity index (χ0n) is 18.6. The molecule has 4 rings (SSSR count). The van der Waals surface area contributed by atoms with Crippen molar-refractivity contribution in [2.75, 3.05) is 38.6 Å². The van der Waals surface area contributed by atoms with Crippen LogP contribution in [0.25, 0.3) is 0 Å². The van der Waals surface area contributed by atoms with Crippen LogP contribution < -0.4 is 4.90 Å². The van der Waals surface area contributed by atoms with Gasteiger partial charge < -0.3 is 14.7 Å². The number of piperidine rings is 1. The third-order valence-electron chi connectivity index (χ3n) is 6.56. The van der Waals surface area contributed by atoms with Crippen molar-refractivity contribution in [1.82, 2.24) is 19.8 Å². The lowest BCUT2D eigenvalue weighted by Crippen LogP contribution is -2.52. The van der Waals surface area contributed by atoms with E-state index in [9.17, 15) is 22.8 Å². The van der Waals surface area contributed by atoms with E-state index in [0.717, 1.165) is 23.5 Å². The molecule has 0 aliphatic carbocycles. The van der Waals surface area contributed by atoms with Gasteiger partial charge in [-0.2, -0.15) is 13.2 Å². The number of nitrogens with zero attached hydrogens (tertiary/aromatic N) is 5. The minimum atomic E-state index is -4.55. The van der Waals surface area contributed by atoms with Crippen LogP contribution in [-0.4, -0.2) is 65.3 Å². The van der Waals surface area contributed by atoms with Gasteiger partial charge in [0.15, 0.2) is 0 Å². The van der Waals surface area contributed by atoms with E-state index in [1.54, 1.807) is 23.9 Å². The van der Waals surface area contributed by atoms with Crippen LogP contribution in [0.2, 0.25) is 0 Å². The Morgan fingerprint density at radius 2 is 1.79 bits per heavy atom. The van der Waals surface area contributed by atoms with Crippen LogP contribution in [0.3, 0.4) is 0 Å². The molecule has 7 nitrogen and oxygen atoms in total. The van der Waals surface area contributed by atoms with Crippen LogP contribution >= 0.6 is 0 Å². The van der Waals surface area contributed by atoms with Crippen molar-refractivity contribution in [1.29, 1.82) is 0 Å². The van der Waals surface area contributed by atoms with Crippen molar-refractivity contribution in [2.24, 2.45) is 5.41 Å². The van der Waals surface area contributed by atoms with Crippen LogP contribution in [0.4, 0.5) is 19.0 Å². The highest BCUT2D eigenvalue weighted by Gasteiger charge is 2.46. The molecule has 2 aliphatic heterocycles. The number of aromatic nitrogens is 2. The molecule has 0 atom stereocenters. The number of amides is 2. The molecular weight excluding hydrogens is 435 g/mol. The summed E-state index contributed by atoms with van der Waals surface area (Å²) in [6.45, 7) is 1.13. The first kappa shape index (κ1) is 23.0. The van der Waals surface area contributed by atoms with E-state index in [-0.39, 0.29) is 24.2 Å². The Kier molecular flexibility index (Phi) is 6.02. The van der Waals surface area contributed by atoms with E-state index in [4.69, 9.17) is 0 Å². The van der Waals surface area contributed by atoms with Gasteiger partial charge in [0.2, 0.25) is 11.8 Å². The number of carbonyl (C=O) groups excluding carboxylic acids is 2. The monoisotopic (exact) mass is 461 g/mol. The van der Waals surface area contributed by atoms with E-state index in [1.807, 2.05) is 24.3 Å². The topological polar surface area (TPSA) is 69.6 Å². The fraction of sp³-hybridized carbons (Fsp3) is 0.478. The largest absolute Gasteiger partial charge is 0.433 e. The summed E-state index contributed by atoms with van der Waals surface area (Å²) in [6, 6.07) is 8.79. The lowest BCUT2D eigenvalue weighted by atomic mass is 9.73. The molecule has 2 amide bonds. The number of likely N-dealkylation sites (N-methyl/N-ethyl adjacent to an activating group) is 1. The Balaban J connectivity index is 1.59. The third-order valence-corrected chi connectivity index (χ3v) is 6.56. The zero-order valence-corrected chi connectivity index (χ0v) is 18.6. The van der Waals surface area contributed by atoms with Gasteiger partial charge in [-0.3, -0.25) is 9.59 Å². The molecule has 33 heavy (non-hydrogen) atoms. The standard InChI is InChI=1S/C23H26F3N5O2/c1-29(2)20(32)14-31-13-17-6-4-3-5-16(17)12-22(21(31)33)7-9-30(10-8-22)19-11-18(23(24,25)26)27-15-28-19/h3-6,11,15H,7-10,12-14H2,1-2H3. The van der Waals surface area contributed by atoms with Gasteiger partial charge in [-0.15, -0.1) is 0 Å². The fourth-order valence-corrected chi connectivity index (χ4v) is 4.60. The van der Waals surface area contributed by atoms with Gasteiger partial charge in [-0.05, 0) is 30.4 Å². The smallest absolute Gasteiger partial charge is 0.356 e. The molecule has 1 aromatic heterocycles. The van der Waals surface area contributed by atoms with Crippen molar-refractivity contribution in [3.05, 3.63) is 53.5 Å². The van der Waals surface area contributed by atoms with Crippen LogP contribution in [0.15, 0.2) is 36.7 Å². The fourth-order valence-electron chi connectivity index (χ4n) is 4.60.